The normalized spacial score (nSPS) is 19.0. The van der Waals surface area contributed by atoms with Crippen LogP contribution < -0.4 is 5.56 Å². The molecular weight excluding hydrogens is 352 g/mol. The minimum Gasteiger partial charge on any atom is -0.304 e. The maximum atomic E-state index is 13.8. The van der Waals surface area contributed by atoms with Crippen LogP contribution in [-0.4, -0.2) is 20.8 Å². The van der Waals surface area contributed by atoms with E-state index in [-0.39, 0.29) is 16.8 Å². The Morgan fingerprint density at radius 3 is 2.70 bits per heavy atom. The zero-order chi connectivity index (χ0) is 19.2. The van der Waals surface area contributed by atoms with Gasteiger partial charge in [-0.05, 0) is 50.0 Å². The van der Waals surface area contributed by atoms with Gasteiger partial charge >= 0.3 is 5.92 Å². The van der Waals surface area contributed by atoms with Gasteiger partial charge in [-0.25, -0.2) is 9.97 Å². The van der Waals surface area contributed by atoms with Crippen molar-refractivity contribution in [3.05, 3.63) is 40.2 Å². The molecule has 1 atom stereocenters. The standard InChI is InChI=1S/C20H21F2N3O2/c1-20(21,22)19-23-9-14-17(24-19)15(12-5-3-2-4-6-12)10-25(18(14)27)16(11-26)13-7-8-13/h5,9-11,13,16H,2-4,6-8H2,1H3. The Morgan fingerprint density at radius 1 is 1.33 bits per heavy atom. The van der Waals surface area contributed by atoms with E-state index in [2.05, 4.69) is 16.0 Å². The van der Waals surface area contributed by atoms with Crippen molar-refractivity contribution in [1.82, 2.24) is 14.5 Å². The average Bonchev–Trinajstić information content (AvgIpc) is 3.49. The summed E-state index contributed by atoms with van der Waals surface area (Å²) in [5.74, 6) is -3.63. The van der Waals surface area contributed by atoms with Crippen molar-refractivity contribution >= 4 is 22.8 Å². The van der Waals surface area contributed by atoms with E-state index >= 15 is 0 Å². The van der Waals surface area contributed by atoms with Gasteiger partial charge in [0, 0.05) is 24.9 Å². The van der Waals surface area contributed by atoms with E-state index in [1.54, 1.807) is 6.20 Å². The molecule has 0 spiro atoms. The van der Waals surface area contributed by atoms with E-state index in [1.807, 2.05) is 0 Å². The van der Waals surface area contributed by atoms with Crippen molar-refractivity contribution in [1.29, 1.82) is 0 Å². The van der Waals surface area contributed by atoms with Crippen LogP contribution >= 0.6 is 0 Å². The lowest BCUT2D eigenvalue weighted by Gasteiger charge is -2.20. The first-order valence-corrected chi connectivity index (χ1v) is 9.35. The lowest BCUT2D eigenvalue weighted by atomic mass is 9.93. The van der Waals surface area contributed by atoms with Crippen LogP contribution in [0.3, 0.4) is 0 Å². The summed E-state index contributed by atoms with van der Waals surface area (Å²) in [6.07, 6.45) is 11.3. The van der Waals surface area contributed by atoms with Gasteiger partial charge in [-0.15, -0.1) is 0 Å². The number of rotatable bonds is 5. The summed E-state index contributed by atoms with van der Waals surface area (Å²) < 4.78 is 29.0. The van der Waals surface area contributed by atoms with Crippen molar-refractivity contribution in [2.24, 2.45) is 5.92 Å². The van der Waals surface area contributed by atoms with Crippen LogP contribution in [-0.2, 0) is 10.7 Å². The number of hydrogen-bond donors (Lipinski definition) is 0. The molecule has 4 rings (SSSR count). The van der Waals surface area contributed by atoms with Crippen molar-refractivity contribution in [3.63, 3.8) is 0 Å². The highest BCUT2D eigenvalue weighted by Crippen LogP contribution is 2.39. The van der Waals surface area contributed by atoms with Gasteiger partial charge in [0.25, 0.3) is 5.56 Å². The maximum absolute atomic E-state index is 13.8. The molecule has 0 saturated heterocycles. The number of carbonyl (C=O) groups excluding carboxylic acids is 1. The number of nitrogens with zero attached hydrogens (tertiary/aromatic N) is 3. The molecule has 0 radical (unpaired) electrons. The summed E-state index contributed by atoms with van der Waals surface area (Å²) >= 11 is 0. The number of alkyl halides is 2. The SMILES string of the molecule is CC(F)(F)c1ncc2c(=O)n(C(C=O)C3CC3)cc(C3=CCCCC3)c2n1. The second kappa shape index (κ2) is 6.62. The van der Waals surface area contributed by atoms with Crippen molar-refractivity contribution in [3.8, 4) is 0 Å². The smallest absolute Gasteiger partial charge is 0.303 e. The van der Waals surface area contributed by atoms with E-state index < -0.39 is 23.3 Å². The first-order valence-electron chi connectivity index (χ1n) is 9.35. The van der Waals surface area contributed by atoms with E-state index in [0.717, 1.165) is 57.3 Å². The number of carbonyl (C=O) groups is 1. The highest BCUT2D eigenvalue weighted by Gasteiger charge is 2.34. The fourth-order valence-corrected chi connectivity index (χ4v) is 3.73. The molecule has 5 nitrogen and oxygen atoms in total. The Labute approximate surface area is 155 Å². The minimum atomic E-state index is -3.19. The Hall–Kier alpha value is -2.44. The van der Waals surface area contributed by atoms with E-state index in [1.165, 1.54) is 10.8 Å². The number of hydrogen-bond acceptors (Lipinski definition) is 4. The van der Waals surface area contributed by atoms with Crippen molar-refractivity contribution in [2.75, 3.05) is 0 Å². The zero-order valence-corrected chi connectivity index (χ0v) is 15.1. The molecule has 1 saturated carbocycles. The van der Waals surface area contributed by atoms with Crippen LogP contribution in [0, 0.1) is 5.92 Å². The number of aromatic nitrogens is 3. The molecule has 2 aromatic heterocycles. The predicted molar refractivity (Wildman–Crippen MR) is 97.6 cm³/mol. The number of aldehydes is 1. The highest BCUT2D eigenvalue weighted by molar-refractivity contribution is 5.90. The molecular formula is C20H21F2N3O2. The summed E-state index contributed by atoms with van der Waals surface area (Å²) in [6.45, 7) is 0.741. The molecule has 7 heteroatoms. The maximum Gasteiger partial charge on any atom is 0.303 e. The van der Waals surface area contributed by atoms with Gasteiger partial charge in [-0.2, -0.15) is 8.78 Å². The zero-order valence-electron chi connectivity index (χ0n) is 15.1. The summed E-state index contributed by atoms with van der Waals surface area (Å²) in [6, 6.07) is -0.530. The number of fused-ring (bicyclic) bond motifs is 1. The highest BCUT2D eigenvalue weighted by atomic mass is 19.3. The Morgan fingerprint density at radius 2 is 2.11 bits per heavy atom. The molecule has 142 valence electrons. The van der Waals surface area contributed by atoms with Gasteiger partial charge in [0.15, 0.2) is 5.82 Å². The monoisotopic (exact) mass is 373 g/mol. The van der Waals surface area contributed by atoms with Gasteiger partial charge in [-0.1, -0.05) is 6.08 Å². The summed E-state index contributed by atoms with van der Waals surface area (Å²) in [5, 5.41) is 0.180. The van der Waals surface area contributed by atoms with Gasteiger partial charge < -0.3 is 9.36 Å². The van der Waals surface area contributed by atoms with Crippen LogP contribution in [0.4, 0.5) is 8.78 Å². The molecule has 1 unspecified atom stereocenters. The quantitative estimate of drug-likeness (QED) is 0.743. The predicted octanol–water partition coefficient (Wildman–Crippen LogP) is 4.01. The molecule has 0 aliphatic heterocycles. The fraction of sp³-hybridized carbons (Fsp3) is 0.500. The van der Waals surface area contributed by atoms with Crippen LogP contribution in [0.25, 0.3) is 16.5 Å². The first-order chi connectivity index (χ1) is 12.9. The van der Waals surface area contributed by atoms with Crippen LogP contribution in [0.15, 0.2) is 23.3 Å². The van der Waals surface area contributed by atoms with E-state index in [0.29, 0.717) is 5.56 Å². The Kier molecular flexibility index (Phi) is 4.40. The second-order valence-electron chi connectivity index (χ2n) is 7.54. The molecule has 0 amide bonds. The first kappa shape index (κ1) is 17.9. The average molecular weight is 373 g/mol. The van der Waals surface area contributed by atoms with Crippen LogP contribution in [0.1, 0.15) is 62.9 Å². The van der Waals surface area contributed by atoms with Crippen LogP contribution in [0.5, 0.6) is 0 Å². The second-order valence-corrected chi connectivity index (χ2v) is 7.54. The Balaban J connectivity index is 1.99. The topological polar surface area (TPSA) is 64.8 Å². The third kappa shape index (κ3) is 3.31. The van der Waals surface area contributed by atoms with Crippen molar-refractivity contribution in [2.45, 2.75) is 57.4 Å². The molecule has 2 aromatic rings. The molecule has 0 N–H and O–H groups in total. The molecule has 27 heavy (non-hydrogen) atoms. The largest absolute Gasteiger partial charge is 0.304 e. The third-order valence-electron chi connectivity index (χ3n) is 5.37. The van der Waals surface area contributed by atoms with Gasteiger partial charge in [-0.3, -0.25) is 4.79 Å². The minimum absolute atomic E-state index is 0.158. The summed E-state index contributed by atoms with van der Waals surface area (Å²) in [5.41, 5.74) is 1.49. The number of allylic oxidation sites excluding steroid dienone is 2. The summed E-state index contributed by atoms with van der Waals surface area (Å²) in [4.78, 5) is 32.4. The number of halogens is 2. The molecule has 0 aromatic carbocycles. The number of pyridine rings is 1. The van der Waals surface area contributed by atoms with Crippen molar-refractivity contribution < 1.29 is 13.6 Å². The fourth-order valence-electron chi connectivity index (χ4n) is 3.73. The molecule has 2 aliphatic carbocycles. The van der Waals surface area contributed by atoms with Gasteiger partial charge in [0.05, 0.1) is 16.9 Å². The van der Waals surface area contributed by atoms with Gasteiger partial charge in [0.1, 0.15) is 6.29 Å². The van der Waals surface area contributed by atoms with Crippen LogP contribution in [0.2, 0.25) is 0 Å². The summed E-state index contributed by atoms with van der Waals surface area (Å²) in [7, 11) is 0. The lowest BCUT2D eigenvalue weighted by molar-refractivity contribution is -0.111. The molecule has 1 fully saturated rings. The van der Waals surface area contributed by atoms with Gasteiger partial charge in [0.2, 0.25) is 0 Å². The lowest BCUT2D eigenvalue weighted by Crippen LogP contribution is -2.28. The molecule has 0 bridgehead atoms. The van der Waals surface area contributed by atoms with E-state index in [9.17, 15) is 18.4 Å². The molecule has 2 aliphatic rings. The molecule has 2 heterocycles. The van der Waals surface area contributed by atoms with E-state index in [4.69, 9.17) is 0 Å². The third-order valence-corrected chi connectivity index (χ3v) is 5.37. The Bertz CT molecular complexity index is 987.